The van der Waals surface area contributed by atoms with E-state index in [0.717, 1.165) is 0 Å². The zero-order valence-electron chi connectivity index (χ0n) is 11.1. The molecular weight excluding hydrogens is 263 g/mol. The number of aliphatic hydroxyl groups excluding tert-OH is 1. The number of alkyl halides is 3. The molecule has 0 aromatic carbocycles. The Morgan fingerprint density at radius 1 is 1.37 bits per heavy atom. The Labute approximate surface area is 109 Å². The van der Waals surface area contributed by atoms with Gasteiger partial charge in [-0.25, -0.2) is 0 Å². The first-order chi connectivity index (χ1) is 8.47. The molecule has 0 bridgehead atoms. The van der Waals surface area contributed by atoms with Crippen LogP contribution in [0.2, 0.25) is 0 Å². The largest absolute Gasteiger partial charge is 0.416 e. The maximum Gasteiger partial charge on any atom is 0.416 e. The highest BCUT2D eigenvalue weighted by molar-refractivity contribution is 6.05. The molecule has 1 N–H and O–H groups in total. The molecule has 1 aliphatic rings. The molecule has 2 atom stereocenters. The number of amides is 2. The molecule has 1 saturated heterocycles. The molecule has 2 amide bonds. The van der Waals surface area contributed by atoms with Crippen LogP contribution in [0.15, 0.2) is 0 Å². The van der Waals surface area contributed by atoms with Crippen LogP contribution < -0.4 is 0 Å². The van der Waals surface area contributed by atoms with Crippen molar-refractivity contribution in [3.8, 4) is 0 Å². The predicted molar refractivity (Wildman–Crippen MR) is 61.0 cm³/mol. The second kappa shape index (κ2) is 5.11. The third-order valence-electron chi connectivity index (χ3n) is 3.20. The fourth-order valence-corrected chi connectivity index (χ4v) is 2.47. The van der Waals surface area contributed by atoms with E-state index in [4.69, 9.17) is 5.11 Å². The van der Waals surface area contributed by atoms with E-state index in [1.165, 1.54) is 0 Å². The van der Waals surface area contributed by atoms with E-state index in [9.17, 15) is 22.8 Å². The molecule has 7 heteroatoms. The van der Waals surface area contributed by atoms with E-state index in [-0.39, 0.29) is 12.3 Å². The zero-order chi connectivity index (χ0) is 15.0. The monoisotopic (exact) mass is 281 g/mol. The second-order valence-electron chi connectivity index (χ2n) is 5.70. The van der Waals surface area contributed by atoms with E-state index in [1.807, 2.05) is 13.8 Å². The van der Waals surface area contributed by atoms with E-state index < -0.39 is 36.1 Å². The fourth-order valence-electron chi connectivity index (χ4n) is 2.47. The molecule has 19 heavy (non-hydrogen) atoms. The van der Waals surface area contributed by atoms with Gasteiger partial charge in [0.25, 0.3) is 0 Å². The van der Waals surface area contributed by atoms with Gasteiger partial charge in [-0.3, -0.25) is 14.5 Å². The summed E-state index contributed by atoms with van der Waals surface area (Å²) in [5, 5.41) is 8.96. The predicted octanol–water partition coefficient (Wildman–Crippen LogP) is 1.72. The number of carbonyl (C=O) groups is 2. The molecule has 1 heterocycles. The number of carbonyl (C=O) groups excluding carboxylic acids is 2. The third kappa shape index (κ3) is 3.46. The number of rotatable bonds is 4. The summed E-state index contributed by atoms with van der Waals surface area (Å²) in [4.78, 5) is 24.3. The third-order valence-corrected chi connectivity index (χ3v) is 3.20. The molecule has 0 aliphatic carbocycles. The topological polar surface area (TPSA) is 57.6 Å². The summed E-state index contributed by atoms with van der Waals surface area (Å²) in [6.07, 6.45) is -7.20. The van der Waals surface area contributed by atoms with Gasteiger partial charge in [-0.15, -0.1) is 0 Å². The fraction of sp³-hybridized carbons (Fsp3) is 0.833. The summed E-state index contributed by atoms with van der Waals surface area (Å²) in [6, 6.07) is 0. The van der Waals surface area contributed by atoms with E-state index in [0.29, 0.717) is 11.3 Å². The average Bonchev–Trinajstić information content (AvgIpc) is 2.39. The standard InChI is InChI=1S/C12H18F3NO3/c1-7(2)4-11(3)5-9(18)16(10(11)19)6-8(17)12(13,14)15/h7-8,17H,4-6H2,1-3H3/t8-,11-/m1/s1. The van der Waals surface area contributed by atoms with Crippen molar-refractivity contribution in [3.05, 3.63) is 0 Å². The lowest BCUT2D eigenvalue weighted by molar-refractivity contribution is -0.208. The normalized spacial score (nSPS) is 26.4. The van der Waals surface area contributed by atoms with Crippen molar-refractivity contribution in [1.29, 1.82) is 0 Å². The Morgan fingerprint density at radius 3 is 2.32 bits per heavy atom. The molecule has 1 rings (SSSR count). The van der Waals surface area contributed by atoms with Crippen molar-refractivity contribution in [1.82, 2.24) is 4.90 Å². The first-order valence-electron chi connectivity index (χ1n) is 6.07. The van der Waals surface area contributed by atoms with Gasteiger partial charge < -0.3 is 5.11 Å². The Hall–Kier alpha value is -1.11. The quantitative estimate of drug-likeness (QED) is 0.798. The number of hydrogen-bond acceptors (Lipinski definition) is 3. The minimum atomic E-state index is -4.84. The van der Waals surface area contributed by atoms with Gasteiger partial charge in [0, 0.05) is 6.42 Å². The van der Waals surface area contributed by atoms with Crippen LogP contribution in [0, 0.1) is 11.3 Å². The molecule has 1 fully saturated rings. The van der Waals surface area contributed by atoms with Crippen LogP contribution in [0.4, 0.5) is 13.2 Å². The number of likely N-dealkylation sites (tertiary alicyclic amines) is 1. The summed E-state index contributed by atoms with van der Waals surface area (Å²) in [7, 11) is 0. The SMILES string of the molecule is CC(C)C[C@]1(C)CC(=O)N(C[C@@H](O)C(F)(F)F)C1=O. The van der Waals surface area contributed by atoms with E-state index in [2.05, 4.69) is 0 Å². The molecule has 0 unspecified atom stereocenters. The summed E-state index contributed by atoms with van der Waals surface area (Å²) >= 11 is 0. The number of halogens is 3. The summed E-state index contributed by atoms with van der Waals surface area (Å²) in [6.45, 7) is 4.30. The van der Waals surface area contributed by atoms with Crippen LogP contribution in [0.5, 0.6) is 0 Å². The van der Waals surface area contributed by atoms with Crippen molar-refractivity contribution in [2.45, 2.75) is 45.9 Å². The number of imide groups is 1. The molecule has 1 aliphatic heterocycles. The number of β-amino-alcohol motifs (C(OH)–C–C–N with tert-alkyl or cyclic N) is 1. The molecule has 0 saturated carbocycles. The van der Waals surface area contributed by atoms with Crippen molar-refractivity contribution >= 4 is 11.8 Å². The van der Waals surface area contributed by atoms with Crippen LogP contribution >= 0.6 is 0 Å². The van der Waals surface area contributed by atoms with Gasteiger partial charge in [-0.1, -0.05) is 20.8 Å². The van der Waals surface area contributed by atoms with Crippen LogP contribution in [0.25, 0.3) is 0 Å². The Bertz CT molecular complexity index is 381. The lowest BCUT2D eigenvalue weighted by Gasteiger charge is -2.25. The lowest BCUT2D eigenvalue weighted by atomic mass is 9.80. The highest BCUT2D eigenvalue weighted by Gasteiger charge is 2.51. The molecule has 0 spiro atoms. The van der Waals surface area contributed by atoms with Crippen molar-refractivity contribution in [2.24, 2.45) is 11.3 Å². The minimum absolute atomic E-state index is 0.103. The van der Waals surface area contributed by atoms with Gasteiger partial charge in [0.2, 0.25) is 11.8 Å². The molecular formula is C12H18F3NO3. The lowest BCUT2D eigenvalue weighted by Crippen LogP contribution is -2.44. The number of nitrogens with zero attached hydrogens (tertiary/aromatic N) is 1. The zero-order valence-corrected chi connectivity index (χ0v) is 11.1. The van der Waals surface area contributed by atoms with Gasteiger partial charge in [-0.05, 0) is 12.3 Å². The van der Waals surface area contributed by atoms with Gasteiger partial charge >= 0.3 is 6.18 Å². The Morgan fingerprint density at radius 2 is 1.89 bits per heavy atom. The van der Waals surface area contributed by atoms with Crippen molar-refractivity contribution < 1.29 is 27.9 Å². The maximum absolute atomic E-state index is 12.3. The first kappa shape index (κ1) is 15.9. The van der Waals surface area contributed by atoms with Crippen molar-refractivity contribution in [2.75, 3.05) is 6.54 Å². The molecule has 4 nitrogen and oxygen atoms in total. The number of aliphatic hydroxyl groups is 1. The second-order valence-corrected chi connectivity index (χ2v) is 5.70. The van der Waals surface area contributed by atoms with Gasteiger partial charge in [-0.2, -0.15) is 13.2 Å². The smallest absolute Gasteiger partial charge is 0.382 e. The molecule has 0 radical (unpaired) electrons. The molecule has 110 valence electrons. The molecule has 0 aromatic rings. The summed E-state index contributed by atoms with van der Waals surface area (Å²) < 4.78 is 36.8. The van der Waals surface area contributed by atoms with E-state index >= 15 is 0 Å². The van der Waals surface area contributed by atoms with Gasteiger partial charge in [0.1, 0.15) is 0 Å². The Balaban J connectivity index is 2.83. The maximum atomic E-state index is 12.3. The van der Waals surface area contributed by atoms with Gasteiger partial charge in [0.15, 0.2) is 6.10 Å². The summed E-state index contributed by atoms with van der Waals surface area (Å²) in [5.41, 5.74) is -0.962. The van der Waals surface area contributed by atoms with Crippen LogP contribution in [0.3, 0.4) is 0 Å². The van der Waals surface area contributed by atoms with Crippen LogP contribution in [-0.4, -0.2) is 40.6 Å². The van der Waals surface area contributed by atoms with Crippen LogP contribution in [-0.2, 0) is 9.59 Å². The first-order valence-corrected chi connectivity index (χ1v) is 6.07. The summed E-state index contributed by atoms with van der Waals surface area (Å²) in [5.74, 6) is -1.14. The van der Waals surface area contributed by atoms with Gasteiger partial charge in [0.05, 0.1) is 12.0 Å². The van der Waals surface area contributed by atoms with Crippen LogP contribution in [0.1, 0.15) is 33.6 Å². The highest BCUT2D eigenvalue weighted by atomic mass is 19.4. The Kier molecular flexibility index (Phi) is 4.29. The van der Waals surface area contributed by atoms with Crippen molar-refractivity contribution in [3.63, 3.8) is 0 Å². The number of hydrogen-bond donors (Lipinski definition) is 1. The highest BCUT2D eigenvalue weighted by Crippen LogP contribution is 2.38. The molecule has 0 aromatic heterocycles. The average molecular weight is 281 g/mol. The van der Waals surface area contributed by atoms with E-state index in [1.54, 1.807) is 6.92 Å². The minimum Gasteiger partial charge on any atom is -0.382 e.